The van der Waals surface area contributed by atoms with E-state index in [4.69, 9.17) is 4.74 Å². The zero-order valence-electron chi connectivity index (χ0n) is 14.9. The van der Waals surface area contributed by atoms with E-state index in [1.54, 1.807) is 29.2 Å². The molecule has 136 valence electrons. The Bertz CT molecular complexity index is 774. The van der Waals surface area contributed by atoms with Crippen LogP contribution in [0.4, 0.5) is 5.69 Å². The molecule has 6 heteroatoms. The van der Waals surface area contributed by atoms with E-state index in [0.29, 0.717) is 12.2 Å². The fraction of sp³-hybridized carbons (Fsp3) is 0.250. The average molecular weight is 354 g/mol. The van der Waals surface area contributed by atoms with Crippen LogP contribution >= 0.6 is 0 Å². The van der Waals surface area contributed by atoms with Crippen molar-refractivity contribution in [2.24, 2.45) is 0 Å². The minimum atomic E-state index is -0.518. The third-order valence-corrected chi connectivity index (χ3v) is 3.88. The molecule has 0 aliphatic rings. The van der Waals surface area contributed by atoms with Crippen molar-refractivity contribution in [3.8, 4) is 0 Å². The van der Waals surface area contributed by atoms with Crippen LogP contribution < -0.4 is 5.32 Å². The zero-order valence-corrected chi connectivity index (χ0v) is 14.9. The number of esters is 1. The van der Waals surface area contributed by atoms with E-state index in [-0.39, 0.29) is 30.3 Å². The first-order valence-corrected chi connectivity index (χ1v) is 8.28. The number of nitrogens with zero attached hydrogens (tertiary/aromatic N) is 1. The number of hydrogen-bond donors (Lipinski definition) is 1. The Morgan fingerprint density at radius 2 is 1.65 bits per heavy atom. The molecule has 0 spiro atoms. The summed E-state index contributed by atoms with van der Waals surface area (Å²) in [6, 6.07) is 16.2. The summed E-state index contributed by atoms with van der Waals surface area (Å²) in [7, 11) is 1.29. The Balaban J connectivity index is 1.97. The molecule has 0 aliphatic carbocycles. The molecule has 2 aromatic carbocycles. The van der Waals surface area contributed by atoms with Gasteiger partial charge in [0.05, 0.1) is 18.4 Å². The molecule has 0 aromatic heterocycles. The van der Waals surface area contributed by atoms with Crippen molar-refractivity contribution in [1.29, 1.82) is 0 Å². The molecule has 26 heavy (non-hydrogen) atoms. The number of methoxy groups -OCH3 is 1. The summed E-state index contributed by atoms with van der Waals surface area (Å²) in [5.74, 6) is -0.896. The van der Waals surface area contributed by atoms with Gasteiger partial charge in [-0.1, -0.05) is 42.5 Å². The smallest absolute Gasteiger partial charge is 0.339 e. The maximum atomic E-state index is 12.3. The lowest BCUT2D eigenvalue weighted by Crippen LogP contribution is -2.31. The van der Waals surface area contributed by atoms with E-state index in [9.17, 15) is 14.4 Å². The highest BCUT2D eigenvalue weighted by atomic mass is 16.5. The van der Waals surface area contributed by atoms with Crippen LogP contribution in [-0.4, -0.2) is 36.3 Å². The number of rotatable bonds is 7. The number of para-hydroxylation sites is 1. The molecule has 0 saturated heterocycles. The van der Waals surface area contributed by atoms with Crippen molar-refractivity contribution in [3.63, 3.8) is 0 Å². The topological polar surface area (TPSA) is 75.7 Å². The Hall–Kier alpha value is -3.15. The molecule has 2 rings (SSSR count). The summed E-state index contributed by atoms with van der Waals surface area (Å²) in [5, 5.41) is 2.71. The van der Waals surface area contributed by atoms with Gasteiger partial charge in [-0.3, -0.25) is 9.59 Å². The highest BCUT2D eigenvalue weighted by molar-refractivity contribution is 6.01. The first-order valence-electron chi connectivity index (χ1n) is 8.28. The van der Waals surface area contributed by atoms with E-state index in [1.807, 2.05) is 30.3 Å². The van der Waals surface area contributed by atoms with Gasteiger partial charge in [0.2, 0.25) is 11.8 Å². The predicted molar refractivity (Wildman–Crippen MR) is 98.6 cm³/mol. The van der Waals surface area contributed by atoms with Gasteiger partial charge in [0, 0.05) is 26.4 Å². The quantitative estimate of drug-likeness (QED) is 0.776. The molecule has 0 atom stereocenters. The summed E-state index contributed by atoms with van der Waals surface area (Å²) >= 11 is 0. The maximum Gasteiger partial charge on any atom is 0.339 e. The van der Waals surface area contributed by atoms with Crippen molar-refractivity contribution in [1.82, 2.24) is 4.90 Å². The summed E-state index contributed by atoms with van der Waals surface area (Å²) in [6.07, 6.45) is 0.127. The van der Waals surface area contributed by atoms with E-state index >= 15 is 0 Å². The minimum Gasteiger partial charge on any atom is -0.465 e. The highest BCUT2D eigenvalue weighted by Gasteiger charge is 2.15. The van der Waals surface area contributed by atoms with Gasteiger partial charge in [-0.05, 0) is 17.7 Å². The number of anilines is 1. The Kier molecular flexibility index (Phi) is 6.91. The van der Waals surface area contributed by atoms with Gasteiger partial charge < -0.3 is 15.0 Å². The molecule has 0 fully saturated rings. The van der Waals surface area contributed by atoms with Gasteiger partial charge in [-0.15, -0.1) is 0 Å². The number of amides is 2. The standard InChI is InChI=1S/C20H22N2O4/c1-15(23)22(14-16-8-4-3-5-9-16)13-12-19(24)21-18-11-7-6-10-17(18)20(25)26-2/h3-11H,12-14H2,1-2H3,(H,21,24). The van der Waals surface area contributed by atoms with Gasteiger partial charge in [0.15, 0.2) is 0 Å². The second kappa shape index (κ2) is 9.36. The summed E-state index contributed by atoms with van der Waals surface area (Å²) in [4.78, 5) is 37.4. The first-order chi connectivity index (χ1) is 12.5. The number of ether oxygens (including phenoxy) is 1. The fourth-order valence-electron chi connectivity index (χ4n) is 2.48. The van der Waals surface area contributed by atoms with Crippen LogP contribution in [0.1, 0.15) is 29.3 Å². The molecule has 2 aromatic rings. The number of nitrogens with one attached hydrogen (secondary N) is 1. The third-order valence-electron chi connectivity index (χ3n) is 3.88. The molecule has 2 amide bonds. The molecule has 0 bridgehead atoms. The van der Waals surface area contributed by atoms with Crippen LogP contribution in [0, 0.1) is 0 Å². The van der Waals surface area contributed by atoms with Gasteiger partial charge >= 0.3 is 5.97 Å². The van der Waals surface area contributed by atoms with Crippen LogP contribution in [0.15, 0.2) is 54.6 Å². The van der Waals surface area contributed by atoms with Crippen LogP contribution in [0.5, 0.6) is 0 Å². The Labute approximate surface area is 152 Å². The van der Waals surface area contributed by atoms with Crippen LogP contribution in [0.25, 0.3) is 0 Å². The zero-order chi connectivity index (χ0) is 18.9. The van der Waals surface area contributed by atoms with Crippen LogP contribution in [0.2, 0.25) is 0 Å². The molecule has 0 saturated carbocycles. The molecule has 0 heterocycles. The van der Waals surface area contributed by atoms with E-state index in [2.05, 4.69) is 5.32 Å². The van der Waals surface area contributed by atoms with Crippen LogP contribution in [-0.2, 0) is 20.9 Å². The average Bonchev–Trinajstić information content (AvgIpc) is 2.65. The van der Waals surface area contributed by atoms with E-state index < -0.39 is 5.97 Å². The number of benzene rings is 2. The molecular formula is C20H22N2O4. The molecule has 1 N–H and O–H groups in total. The van der Waals surface area contributed by atoms with Crippen molar-refractivity contribution in [2.45, 2.75) is 19.9 Å². The van der Waals surface area contributed by atoms with E-state index in [0.717, 1.165) is 5.56 Å². The minimum absolute atomic E-state index is 0.100. The van der Waals surface area contributed by atoms with E-state index in [1.165, 1.54) is 14.0 Å². The predicted octanol–water partition coefficient (Wildman–Crippen LogP) is 2.85. The second-order valence-corrected chi connectivity index (χ2v) is 5.76. The normalized spacial score (nSPS) is 10.1. The van der Waals surface area contributed by atoms with Crippen molar-refractivity contribution >= 4 is 23.5 Å². The summed E-state index contributed by atoms with van der Waals surface area (Å²) < 4.78 is 4.71. The van der Waals surface area contributed by atoms with Crippen molar-refractivity contribution in [3.05, 3.63) is 65.7 Å². The Morgan fingerprint density at radius 3 is 2.31 bits per heavy atom. The van der Waals surface area contributed by atoms with Gasteiger partial charge in [0.25, 0.3) is 0 Å². The van der Waals surface area contributed by atoms with Crippen LogP contribution in [0.3, 0.4) is 0 Å². The Morgan fingerprint density at radius 1 is 1.00 bits per heavy atom. The molecular weight excluding hydrogens is 332 g/mol. The SMILES string of the molecule is COC(=O)c1ccccc1NC(=O)CCN(Cc1ccccc1)C(C)=O. The lowest BCUT2D eigenvalue weighted by molar-refractivity contribution is -0.129. The largest absolute Gasteiger partial charge is 0.465 e. The molecule has 0 aliphatic heterocycles. The van der Waals surface area contributed by atoms with Crippen molar-refractivity contribution in [2.75, 3.05) is 19.0 Å². The lowest BCUT2D eigenvalue weighted by atomic mass is 10.1. The number of hydrogen-bond acceptors (Lipinski definition) is 4. The molecule has 0 radical (unpaired) electrons. The first kappa shape index (κ1) is 19.2. The number of carbonyl (C=O) groups is 3. The van der Waals surface area contributed by atoms with Gasteiger partial charge in [-0.25, -0.2) is 4.79 Å². The summed E-state index contributed by atoms with van der Waals surface area (Å²) in [5.41, 5.74) is 1.68. The van der Waals surface area contributed by atoms with Gasteiger partial charge in [0.1, 0.15) is 0 Å². The van der Waals surface area contributed by atoms with Gasteiger partial charge in [-0.2, -0.15) is 0 Å². The third kappa shape index (κ3) is 5.44. The van der Waals surface area contributed by atoms with Crippen molar-refractivity contribution < 1.29 is 19.1 Å². The maximum absolute atomic E-state index is 12.3. The number of carbonyl (C=O) groups excluding carboxylic acids is 3. The highest BCUT2D eigenvalue weighted by Crippen LogP contribution is 2.16. The molecule has 0 unspecified atom stereocenters. The monoisotopic (exact) mass is 354 g/mol. The fourth-order valence-corrected chi connectivity index (χ4v) is 2.48. The lowest BCUT2D eigenvalue weighted by Gasteiger charge is -2.21. The second-order valence-electron chi connectivity index (χ2n) is 5.76. The molecule has 6 nitrogen and oxygen atoms in total. The summed E-state index contributed by atoms with van der Waals surface area (Å²) in [6.45, 7) is 2.21.